The van der Waals surface area contributed by atoms with E-state index >= 15 is 0 Å². The average Bonchev–Trinajstić information content (AvgIpc) is 2.18. The lowest BCUT2D eigenvalue weighted by atomic mass is 10.1. The third-order valence-electron chi connectivity index (χ3n) is 1.71. The van der Waals surface area contributed by atoms with Crippen LogP contribution in [0.4, 0.5) is 0 Å². The van der Waals surface area contributed by atoms with Crippen LogP contribution < -0.4 is 4.74 Å². The van der Waals surface area contributed by atoms with Crippen molar-refractivity contribution in [1.29, 1.82) is 0 Å². The first-order valence-electron chi connectivity index (χ1n) is 4.19. The van der Waals surface area contributed by atoms with Gasteiger partial charge in [0, 0.05) is 5.56 Å². The molecule has 0 spiro atoms. The van der Waals surface area contributed by atoms with Crippen LogP contribution in [0.2, 0.25) is 0 Å². The third-order valence-corrected chi connectivity index (χ3v) is 1.71. The Hall–Kier alpha value is -1.51. The molecule has 0 aliphatic carbocycles. The Balaban J connectivity index is 2.91. The van der Waals surface area contributed by atoms with Crippen LogP contribution in [0.1, 0.15) is 19.4 Å². The number of benzene rings is 1. The molecule has 0 fully saturated rings. The summed E-state index contributed by atoms with van der Waals surface area (Å²) < 4.78 is 5.30. The van der Waals surface area contributed by atoms with E-state index in [1.54, 1.807) is 6.92 Å². The van der Waals surface area contributed by atoms with Crippen molar-refractivity contribution in [2.45, 2.75) is 13.8 Å². The van der Waals surface area contributed by atoms with E-state index in [4.69, 9.17) is 9.94 Å². The van der Waals surface area contributed by atoms with Gasteiger partial charge in [0.2, 0.25) is 0 Å². The predicted octanol–water partition coefficient (Wildman–Crippen LogP) is 2.28. The SMILES string of the molecule is CCOc1cccc(C(C)=NO)c1. The summed E-state index contributed by atoms with van der Waals surface area (Å²) in [4.78, 5) is 0. The second-order valence-corrected chi connectivity index (χ2v) is 2.65. The van der Waals surface area contributed by atoms with Crippen molar-refractivity contribution in [2.24, 2.45) is 5.16 Å². The highest BCUT2D eigenvalue weighted by atomic mass is 16.5. The van der Waals surface area contributed by atoms with Gasteiger partial charge in [-0.15, -0.1) is 0 Å². The van der Waals surface area contributed by atoms with Crippen molar-refractivity contribution >= 4 is 5.71 Å². The van der Waals surface area contributed by atoms with E-state index in [0.29, 0.717) is 12.3 Å². The molecular weight excluding hydrogens is 166 g/mol. The molecule has 0 aliphatic rings. The van der Waals surface area contributed by atoms with Crippen molar-refractivity contribution in [2.75, 3.05) is 6.61 Å². The fourth-order valence-corrected chi connectivity index (χ4v) is 1.04. The van der Waals surface area contributed by atoms with Gasteiger partial charge in [0.15, 0.2) is 0 Å². The number of rotatable bonds is 3. The molecule has 1 aromatic rings. The Kier molecular flexibility index (Phi) is 3.31. The fraction of sp³-hybridized carbons (Fsp3) is 0.300. The first-order chi connectivity index (χ1) is 6.27. The fourth-order valence-electron chi connectivity index (χ4n) is 1.04. The highest BCUT2D eigenvalue weighted by molar-refractivity contribution is 5.98. The second-order valence-electron chi connectivity index (χ2n) is 2.65. The van der Waals surface area contributed by atoms with Crippen molar-refractivity contribution in [3.8, 4) is 5.75 Å². The average molecular weight is 179 g/mol. The molecule has 1 N–H and O–H groups in total. The molecule has 1 aromatic carbocycles. The lowest BCUT2D eigenvalue weighted by molar-refractivity contribution is 0.319. The quantitative estimate of drug-likeness (QED) is 0.439. The molecule has 0 saturated heterocycles. The molecule has 1 rings (SSSR count). The molecule has 70 valence electrons. The summed E-state index contributed by atoms with van der Waals surface area (Å²) >= 11 is 0. The molecule has 3 heteroatoms. The minimum absolute atomic E-state index is 0.585. The Labute approximate surface area is 77.6 Å². The van der Waals surface area contributed by atoms with Gasteiger partial charge in [0.1, 0.15) is 5.75 Å². The summed E-state index contributed by atoms with van der Waals surface area (Å²) in [6.45, 7) is 4.31. The van der Waals surface area contributed by atoms with Crippen LogP contribution >= 0.6 is 0 Å². The van der Waals surface area contributed by atoms with Crippen molar-refractivity contribution in [3.05, 3.63) is 29.8 Å². The predicted molar refractivity (Wildman–Crippen MR) is 51.6 cm³/mol. The number of nitrogens with zero attached hydrogens (tertiary/aromatic N) is 1. The summed E-state index contributed by atoms with van der Waals surface area (Å²) in [6.07, 6.45) is 0. The highest BCUT2D eigenvalue weighted by Gasteiger charge is 1.99. The molecule has 0 aromatic heterocycles. The Morgan fingerprint density at radius 2 is 2.31 bits per heavy atom. The van der Waals surface area contributed by atoms with Crippen LogP contribution in [0.25, 0.3) is 0 Å². The summed E-state index contributed by atoms with van der Waals surface area (Å²) in [6, 6.07) is 7.46. The van der Waals surface area contributed by atoms with Crippen molar-refractivity contribution < 1.29 is 9.94 Å². The van der Waals surface area contributed by atoms with Crippen LogP contribution in [-0.2, 0) is 0 Å². The molecule has 0 saturated carbocycles. The molecule has 0 amide bonds. The van der Waals surface area contributed by atoms with Crippen molar-refractivity contribution in [1.82, 2.24) is 0 Å². The third kappa shape index (κ3) is 2.47. The van der Waals surface area contributed by atoms with E-state index in [-0.39, 0.29) is 0 Å². The highest BCUT2D eigenvalue weighted by Crippen LogP contribution is 2.13. The summed E-state index contributed by atoms with van der Waals surface area (Å²) in [7, 11) is 0. The molecule has 0 unspecified atom stereocenters. The zero-order valence-electron chi connectivity index (χ0n) is 7.82. The molecule has 3 nitrogen and oxygen atoms in total. The summed E-state index contributed by atoms with van der Waals surface area (Å²) in [5.74, 6) is 0.794. The molecule has 0 bridgehead atoms. The van der Waals surface area contributed by atoms with E-state index in [9.17, 15) is 0 Å². The largest absolute Gasteiger partial charge is 0.494 e. The van der Waals surface area contributed by atoms with Gasteiger partial charge in [0.05, 0.1) is 12.3 Å². The number of hydrogen-bond acceptors (Lipinski definition) is 3. The van der Waals surface area contributed by atoms with Gasteiger partial charge in [-0.25, -0.2) is 0 Å². The minimum atomic E-state index is 0.585. The van der Waals surface area contributed by atoms with E-state index in [2.05, 4.69) is 5.16 Å². The van der Waals surface area contributed by atoms with Gasteiger partial charge in [-0.1, -0.05) is 17.3 Å². The van der Waals surface area contributed by atoms with Gasteiger partial charge >= 0.3 is 0 Å². The van der Waals surface area contributed by atoms with Gasteiger partial charge < -0.3 is 9.94 Å². The van der Waals surface area contributed by atoms with Crippen LogP contribution in [0.5, 0.6) is 5.75 Å². The van der Waals surface area contributed by atoms with Gasteiger partial charge in [-0.3, -0.25) is 0 Å². The molecule has 0 atom stereocenters. The van der Waals surface area contributed by atoms with E-state index in [0.717, 1.165) is 11.3 Å². The topological polar surface area (TPSA) is 41.8 Å². The van der Waals surface area contributed by atoms with E-state index < -0.39 is 0 Å². The number of hydrogen-bond donors (Lipinski definition) is 1. The van der Waals surface area contributed by atoms with Crippen LogP contribution in [0.3, 0.4) is 0 Å². The molecule has 0 heterocycles. The van der Waals surface area contributed by atoms with Gasteiger partial charge in [-0.2, -0.15) is 0 Å². The van der Waals surface area contributed by atoms with Gasteiger partial charge in [0.25, 0.3) is 0 Å². The van der Waals surface area contributed by atoms with Crippen LogP contribution in [0.15, 0.2) is 29.4 Å². The Bertz CT molecular complexity index is 308. The maximum Gasteiger partial charge on any atom is 0.119 e. The zero-order valence-corrected chi connectivity index (χ0v) is 7.82. The molecule has 13 heavy (non-hydrogen) atoms. The first kappa shape index (κ1) is 9.58. The Morgan fingerprint density at radius 1 is 1.54 bits per heavy atom. The monoisotopic (exact) mass is 179 g/mol. The van der Waals surface area contributed by atoms with E-state index in [1.807, 2.05) is 31.2 Å². The van der Waals surface area contributed by atoms with E-state index in [1.165, 1.54) is 0 Å². The molecular formula is C10H13NO2. The summed E-state index contributed by atoms with van der Waals surface area (Å²) in [5.41, 5.74) is 1.45. The summed E-state index contributed by atoms with van der Waals surface area (Å²) in [5, 5.41) is 11.7. The normalized spacial score (nSPS) is 11.4. The zero-order chi connectivity index (χ0) is 9.68. The number of oxime groups is 1. The minimum Gasteiger partial charge on any atom is -0.494 e. The van der Waals surface area contributed by atoms with Crippen LogP contribution in [0, 0.1) is 0 Å². The molecule has 0 aliphatic heterocycles. The second kappa shape index (κ2) is 4.50. The number of ether oxygens (including phenoxy) is 1. The lowest BCUT2D eigenvalue weighted by Crippen LogP contribution is -1.96. The van der Waals surface area contributed by atoms with Crippen LogP contribution in [-0.4, -0.2) is 17.5 Å². The smallest absolute Gasteiger partial charge is 0.119 e. The maximum absolute atomic E-state index is 8.56. The molecule has 0 radical (unpaired) electrons. The lowest BCUT2D eigenvalue weighted by Gasteiger charge is -2.04. The van der Waals surface area contributed by atoms with Gasteiger partial charge in [-0.05, 0) is 26.0 Å². The Morgan fingerprint density at radius 3 is 2.92 bits per heavy atom. The first-order valence-corrected chi connectivity index (χ1v) is 4.19. The maximum atomic E-state index is 8.56. The standard InChI is InChI=1S/C10H13NO2/c1-3-13-10-6-4-5-9(7-10)8(2)11-12/h4-7,12H,3H2,1-2H3. The van der Waals surface area contributed by atoms with Crippen molar-refractivity contribution in [3.63, 3.8) is 0 Å².